The normalized spacial score (nSPS) is 10.8. The summed E-state index contributed by atoms with van der Waals surface area (Å²) < 4.78 is 7.57. The molecule has 2 aromatic rings. The zero-order valence-corrected chi connectivity index (χ0v) is 11.8. The van der Waals surface area contributed by atoms with Gasteiger partial charge in [-0.1, -0.05) is 15.9 Å². The number of rotatable bonds is 4. The van der Waals surface area contributed by atoms with Crippen LogP contribution in [0.25, 0.3) is 5.52 Å². The standard InChI is InChI=1S/C12H14BrN3O2/c1-14-5-3-10-15-11(12(17)18-2)9-7-8(13)4-6-16(9)10/h4,6-7,14H,3,5H2,1-2H3. The molecule has 0 fully saturated rings. The summed E-state index contributed by atoms with van der Waals surface area (Å²) in [6, 6.07) is 3.78. The Hall–Kier alpha value is -1.40. The summed E-state index contributed by atoms with van der Waals surface area (Å²) in [4.78, 5) is 16.1. The quantitative estimate of drug-likeness (QED) is 0.872. The third kappa shape index (κ3) is 2.39. The summed E-state index contributed by atoms with van der Waals surface area (Å²) >= 11 is 3.39. The van der Waals surface area contributed by atoms with Crippen LogP contribution in [0.15, 0.2) is 22.8 Å². The van der Waals surface area contributed by atoms with E-state index in [1.165, 1.54) is 7.11 Å². The molecule has 0 spiro atoms. The number of nitrogens with one attached hydrogen (secondary N) is 1. The molecule has 2 heterocycles. The van der Waals surface area contributed by atoms with E-state index in [0.717, 1.165) is 28.8 Å². The van der Waals surface area contributed by atoms with Gasteiger partial charge in [0, 0.05) is 23.6 Å². The van der Waals surface area contributed by atoms with Crippen molar-refractivity contribution >= 4 is 27.4 Å². The maximum atomic E-state index is 11.7. The maximum absolute atomic E-state index is 11.7. The van der Waals surface area contributed by atoms with Crippen LogP contribution in [-0.2, 0) is 11.2 Å². The molecule has 0 amide bonds. The number of carbonyl (C=O) groups excluding carboxylic acids is 1. The molecule has 0 atom stereocenters. The second kappa shape index (κ2) is 5.49. The van der Waals surface area contributed by atoms with E-state index >= 15 is 0 Å². The third-order valence-corrected chi connectivity index (χ3v) is 3.15. The van der Waals surface area contributed by atoms with E-state index in [2.05, 4.69) is 26.2 Å². The van der Waals surface area contributed by atoms with Crippen LogP contribution in [0.2, 0.25) is 0 Å². The Kier molecular flexibility index (Phi) is 3.98. The molecule has 0 aliphatic carbocycles. The molecule has 6 heteroatoms. The van der Waals surface area contributed by atoms with Crippen molar-refractivity contribution in [1.29, 1.82) is 0 Å². The Bertz CT molecular complexity index is 580. The number of imidazole rings is 1. The molecule has 0 aliphatic rings. The van der Waals surface area contributed by atoms with Gasteiger partial charge in [-0.2, -0.15) is 0 Å². The van der Waals surface area contributed by atoms with Crippen molar-refractivity contribution in [2.24, 2.45) is 0 Å². The largest absolute Gasteiger partial charge is 0.464 e. The molecule has 0 unspecified atom stereocenters. The van der Waals surface area contributed by atoms with Crippen molar-refractivity contribution in [2.45, 2.75) is 6.42 Å². The first-order valence-electron chi connectivity index (χ1n) is 5.56. The van der Waals surface area contributed by atoms with Crippen molar-refractivity contribution in [1.82, 2.24) is 14.7 Å². The Morgan fingerprint density at radius 1 is 1.61 bits per heavy atom. The lowest BCUT2D eigenvalue weighted by atomic mass is 10.3. The first-order valence-corrected chi connectivity index (χ1v) is 6.36. The molecular formula is C12H14BrN3O2. The van der Waals surface area contributed by atoms with Gasteiger partial charge in [0.05, 0.1) is 12.6 Å². The van der Waals surface area contributed by atoms with Crippen molar-refractivity contribution in [3.05, 3.63) is 34.3 Å². The molecule has 0 aliphatic heterocycles. The zero-order chi connectivity index (χ0) is 13.1. The molecule has 0 bridgehead atoms. The number of ether oxygens (including phenoxy) is 1. The van der Waals surface area contributed by atoms with Gasteiger partial charge in [-0.05, 0) is 19.2 Å². The molecule has 5 nitrogen and oxygen atoms in total. The van der Waals surface area contributed by atoms with Gasteiger partial charge in [0.15, 0.2) is 5.69 Å². The Labute approximate surface area is 113 Å². The molecule has 96 valence electrons. The van der Waals surface area contributed by atoms with E-state index < -0.39 is 5.97 Å². The van der Waals surface area contributed by atoms with Gasteiger partial charge in [0.1, 0.15) is 5.82 Å². The molecule has 0 aromatic carbocycles. The predicted octanol–water partition coefficient (Wildman–Crippen LogP) is 1.65. The van der Waals surface area contributed by atoms with Crippen LogP contribution >= 0.6 is 15.9 Å². The Morgan fingerprint density at radius 3 is 3.06 bits per heavy atom. The number of hydrogen-bond acceptors (Lipinski definition) is 4. The van der Waals surface area contributed by atoms with Gasteiger partial charge in [-0.3, -0.25) is 0 Å². The van der Waals surface area contributed by atoms with E-state index in [0.29, 0.717) is 5.69 Å². The molecule has 2 aromatic heterocycles. The molecule has 2 rings (SSSR count). The van der Waals surface area contributed by atoms with E-state index in [4.69, 9.17) is 4.74 Å². The van der Waals surface area contributed by atoms with E-state index in [9.17, 15) is 4.79 Å². The van der Waals surface area contributed by atoms with E-state index in [1.807, 2.05) is 29.8 Å². The number of aromatic nitrogens is 2. The molecule has 0 saturated heterocycles. The van der Waals surface area contributed by atoms with Crippen LogP contribution in [0.5, 0.6) is 0 Å². The zero-order valence-electron chi connectivity index (χ0n) is 10.2. The highest BCUT2D eigenvalue weighted by Crippen LogP contribution is 2.19. The number of esters is 1. The average molecular weight is 312 g/mol. The number of methoxy groups -OCH3 is 1. The summed E-state index contributed by atoms with van der Waals surface area (Å²) in [6.45, 7) is 0.801. The SMILES string of the molecule is CNCCc1nc(C(=O)OC)c2cc(Br)ccn12. The minimum absolute atomic E-state index is 0.352. The molecule has 1 N–H and O–H groups in total. The van der Waals surface area contributed by atoms with Crippen LogP contribution in [0.4, 0.5) is 0 Å². The first kappa shape index (κ1) is 13.0. The van der Waals surface area contributed by atoms with Crippen molar-refractivity contribution in [3.63, 3.8) is 0 Å². The summed E-state index contributed by atoms with van der Waals surface area (Å²) in [5.74, 6) is 0.425. The summed E-state index contributed by atoms with van der Waals surface area (Å²) in [5.41, 5.74) is 1.10. The first-order chi connectivity index (χ1) is 8.67. The number of pyridine rings is 1. The van der Waals surface area contributed by atoms with Gasteiger partial charge >= 0.3 is 5.97 Å². The topological polar surface area (TPSA) is 55.6 Å². The van der Waals surface area contributed by atoms with Crippen LogP contribution in [0.1, 0.15) is 16.3 Å². The van der Waals surface area contributed by atoms with Gasteiger partial charge in [-0.25, -0.2) is 9.78 Å². The lowest BCUT2D eigenvalue weighted by Gasteiger charge is -2.01. The number of nitrogens with zero attached hydrogens (tertiary/aromatic N) is 2. The number of halogens is 1. The highest BCUT2D eigenvalue weighted by molar-refractivity contribution is 9.10. The highest BCUT2D eigenvalue weighted by Gasteiger charge is 2.17. The molecule has 18 heavy (non-hydrogen) atoms. The average Bonchev–Trinajstić information content (AvgIpc) is 2.73. The predicted molar refractivity (Wildman–Crippen MR) is 71.9 cm³/mol. The minimum atomic E-state index is -0.415. The number of likely N-dealkylation sites (N-methyl/N-ethyl adjacent to an activating group) is 1. The second-order valence-corrected chi connectivity index (χ2v) is 4.74. The monoisotopic (exact) mass is 311 g/mol. The smallest absolute Gasteiger partial charge is 0.358 e. The lowest BCUT2D eigenvalue weighted by Crippen LogP contribution is -2.12. The maximum Gasteiger partial charge on any atom is 0.358 e. The van der Waals surface area contributed by atoms with Crippen molar-refractivity contribution in [3.8, 4) is 0 Å². The van der Waals surface area contributed by atoms with E-state index in [1.54, 1.807) is 0 Å². The van der Waals surface area contributed by atoms with Gasteiger partial charge in [0.2, 0.25) is 0 Å². The number of fused-ring (bicyclic) bond motifs is 1. The van der Waals surface area contributed by atoms with Crippen LogP contribution in [-0.4, -0.2) is 36.1 Å². The Balaban J connectivity index is 2.56. The molecular weight excluding hydrogens is 298 g/mol. The third-order valence-electron chi connectivity index (χ3n) is 2.66. The lowest BCUT2D eigenvalue weighted by molar-refractivity contribution is 0.0597. The van der Waals surface area contributed by atoms with Crippen LogP contribution in [0, 0.1) is 0 Å². The van der Waals surface area contributed by atoms with Crippen molar-refractivity contribution < 1.29 is 9.53 Å². The molecule has 0 saturated carbocycles. The minimum Gasteiger partial charge on any atom is -0.464 e. The fourth-order valence-corrected chi connectivity index (χ4v) is 2.12. The fourth-order valence-electron chi connectivity index (χ4n) is 1.78. The summed E-state index contributed by atoms with van der Waals surface area (Å²) in [5, 5.41) is 3.07. The van der Waals surface area contributed by atoms with Gasteiger partial charge in [0.25, 0.3) is 0 Å². The van der Waals surface area contributed by atoms with E-state index in [-0.39, 0.29) is 0 Å². The Morgan fingerprint density at radius 2 is 2.39 bits per heavy atom. The second-order valence-electron chi connectivity index (χ2n) is 3.82. The summed E-state index contributed by atoms with van der Waals surface area (Å²) in [7, 11) is 3.24. The van der Waals surface area contributed by atoms with Crippen LogP contribution < -0.4 is 5.32 Å². The highest BCUT2D eigenvalue weighted by atomic mass is 79.9. The van der Waals surface area contributed by atoms with Crippen LogP contribution in [0.3, 0.4) is 0 Å². The number of carbonyl (C=O) groups is 1. The number of hydrogen-bond donors (Lipinski definition) is 1. The van der Waals surface area contributed by atoms with Gasteiger partial charge in [-0.15, -0.1) is 0 Å². The van der Waals surface area contributed by atoms with Crippen molar-refractivity contribution in [2.75, 3.05) is 20.7 Å². The molecule has 0 radical (unpaired) electrons. The summed E-state index contributed by atoms with van der Waals surface area (Å²) in [6.07, 6.45) is 2.64. The van der Waals surface area contributed by atoms with Gasteiger partial charge < -0.3 is 14.5 Å². The fraction of sp³-hybridized carbons (Fsp3) is 0.333.